The van der Waals surface area contributed by atoms with Crippen molar-refractivity contribution in [3.63, 3.8) is 0 Å². The van der Waals surface area contributed by atoms with Gasteiger partial charge in [0.2, 0.25) is 5.43 Å². The summed E-state index contributed by atoms with van der Waals surface area (Å²) in [5.41, 5.74) is -1.40. The first-order valence-corrected chi connectivity index (χ1v) is 11.6. The summed E-state index contributed by atoms with van der Waals surface area (Å²) in [6, 6.07) is 3.12. The first-order valence-electron chi connectivity index (χ1n) is 11.6. The second-order valence-electron chi connectivity index (χ2n) is 9.12. The molecule has 34 heavy (non-hydrogen) atoms. The molecule has 1 aromatic carbocycles. The number of hydrogen-bond donors (Lipinski definition) is 2. The molecule has 1 saturated heterocycles. The number of benzene rings is 1. The number of aromatic nitrogens is 1. The smallest absolute Gasteiger partial charge is 0.278 e. The highest BCUT2D eigenvalue weighted by atomic mass is 19.1. The second kappa shape index (κ2) is 8.41. The number of carbonyl (C=O) groups excluding carboxylic acids is 2. The predicted molar refractivity (Wildman–Crippen MR) is 119 cm³/mol. The minimum atomic E-state index is -0.967. The second-order valence-corrected chi connectivity index (χ2v) is 9.12. The monoisotopic (exact) mass is 472 g/mol. The lowest BCUT2D eigenvalue weighted by Crippen LogP contribution is -2.67. The van der Waals surface area contributed by atoms with E-state index in [4.69, 9.17) is 0 Å². The normalized spacial score (nSPS) is 23.4. The molecule has 3 atom stereocenters. The van der Waals surface area contributed by atoms with Gasteiger partial charge in [0.1, 0.15) is 23.4 Å². The first kappa shape index (κ1) is 22.4. The minimum absolute atomic E-state index is 0.0516. The van der Waals surface area contributed by atoms with Gasteiger partial charge in [-0.05, 0) is 44.6 Å². The van der Waals surface area contributed by atoms with Crippen LogP contribution in [0.4, 0.5) is 8.78 Å². The quantitative estimate of drug-likeness (QED) is 0.713. The molecule has 8 nitrogen and oxygen atoms in total. The largest absolute Gasteiger partial charge is 0.502 e. The summed E-state index contributed by atoms with van der Waals surface area (Å²) in [6.45, 7) is 2.01. The van der Waals surface area contributed by atoms with Gasteiger partial charge in [-0.25, -0.2) is 8.78 Å². The molecule has 2 aliphatic heterocycles. The van der Waals surface area contributed by atoms with Crippen LogP contribution in [0.25, 0.3) is 0 Å². The maximum atomic E-state index is 13.9. The Morgan fingerprint density at radius 3 is 2.71 bits per heavy atom. The average Bonchev–Trinajstić information content (AvgIpc) is 3.29. The number of fused-ring (bicyclic) bond motifs is 5. The maximum absolute atomic E-state index is 13.9. The third kappa shape index (κ3) is 3.43. The zero-order chi connectivity index (χ0) is 24.1. The van der Waals surface area contributed by atoms with Gasteiger partial charge in [-0.2, -0.15) is 0 Å². The number of aromatic hydroxyl groups is 1. The van der Waals surface area contributed by atoms with Crippen LogP contribution in [0, 0.1) is 17.6 Å². The van der Waals surface area contributed by atoms with Crippen molar-refractivity contribution in [2.75, 3.05) is 11.6 Å². The summed E-state index contributed by atoms with van der Waals surface area (Å²) in [7, 11) is 0. The maximum Gasteiger partial charge on any atom is 0.278 e. The topological polar surface area (TPSA) is 94.9 Å². The molecule has 1 aliphatic carbocycles. The number of nitrogens with zero attached hydrogens (tertiary/aromatic N) is 3. The SMILES string of the molecule is CCN1C(=O)c2c(O)c(=O)c(C(=O)NCc3ccc(F)cc3F)cn2N2[C@H]3CCC[C@H]3CC[C@@H]12. The molecule has 180 valence electrons. The Bertz CT molecular complexity index is 1230. The predicted octanol–water partition coefficient (Wildman–Crippen LogP) is 2.46. The molecule has 0 spiro atoms. The number of rotatable bonds is 4. The molecule has 10 heteroatoms. The van der Waals surface area contributed by atoms with Gasteiger partial charge in [0.15, 0.2) is 11.4 Å². The summed E-state index contributed by atoms with van der Waals surface area (Å²) in [5, 5.41) is 15.3. The lowest BCUT2D eigenvalue weighted by molar-refractivity contribution is 0.0453. The van der Waals surface area contributed by atoms with Crippen LogP contribution in [0.15, 0.2) is 29.2 Å². The van der Waals surface area contributed by atoms with Gasteiger partial charge in [-0.15, -0.1) is 0 Å². The lowest BCUT2D eigenvalue weighted by Gasteiger charge is -2.53. The van der Waals surface area contributed by atoms with E-state index in [0.29, 0.717) is 18.5 Å². The van der Waals surface area contributed by atoms with Gasteiger partial charge in [-0.1, -0.05) is 12.5 Å². The van der Waals surface area contributed by atoms with Crippen LogP contribution in [0.5, 0.6) is 5.75 Å². The number of amides is 2. The summed E-state index contributed by atoms with van der Waals surface area (Å²) in [5.74, 6) is -3.16. The van der Waals surface area contributed by atoms with E-state index in [0.717, 1.165) is 38.2 Å². The Morgan fingerprint density at radius 2 is 1.97 bits per heavy atom. The average molecular weight is 472 g/mol. The fourth-order valence-corrected chi connectivity index (χ4v) is 5.71. The number of carbonyl (C=O) groups is 2. The highest BCUT2D eigenvalue weighted by Gasteiger charge is 2.48. The van der Waals surface area contributed by atoms with Crippen molar-refractivity contribution in [2.45, 2.75) is 57.8 Å². The van der Waals surface area contributed by atoms with Crippen LogP contribution < -0.4 is 15.8 Å². The molecule has 1 aromatic heterocycles. The number of nitrogens with one attached hydrogen (secondary N) is 1. The van der Waals surface area contributed by atoms with E-state index in [1.54, 1.807) is 4.90 Å². The van der Waals surface area contributed by atoms with E-state index in [1.165, 1.54) is 16.9 Å². The molecule has 2 fully saturated rings. The van der Waals surface area contributed by atoms with E-state index in [2.05, 4.69) is 5.32 Å². The summed E-state index contributed by atoms with van der Waals surface area (Å²) < 4.78 is 28.6. The van der Waals surface area contributed by atoms with Crippen molar-refractivity contribution in [2.24, 2.45) is 5.92 Å². The third-order valence-electron chi connectivity index (χ3n) is 7.34. The molecule has 3 aliphatic rings. The first-order chi connectivity index (χ1) is 16.3. The van der Waals surface area contributed by atoms with E-state index in [9.17, 15) is 28.3 Å². The van der Waals surface area contributed by atoms with Crippen LogP contribution >= 0.6 is 0 Å². The standard InChI is InChI=1S/C24H26F2N4O4/c1-2-28-19-9-7-13-4-3-5-18(13)30(19)29-12-16(21(31)22(32)20(29)24(28)34)23(33)27-11-14-6-8-15(25)10-17(14)26/h6,8,10,12-13,18-19,32H,2-5,7,9,11H2,1H3,(H,27,33)/t13-,18-,19-/m0/s1. The number of piperidine rings is 1. The molecule has 2 N–H and O–H groups in total. The van der Waals surface area contributed by atoms with Crippen molar-refractivity contribution in [1.29, 1.82) is 0 Å². The molecule has 3 heterocycles. The zero-order valence-corrected chi connectivity index (χ0v) is 18.8. The molecule has 2 aromatic rings. The van der Waals surface area contributed by atoms with Gasteiger partial charge in [-0.3, -0.25) is 24.1 Å². The van der Waals surface area contributed by atoms with Crippen LogP contribution in [-0.2, 0) is 6.54 Å². The fourth-order valence-electron chi connectivity index (χ4n) is 5.71. The van der Waals surface area contributed by atoms with Gasteiger partial charge < -0.3 is 15.3 Å². The Morgan fingerprint density at radius 1 is 1.18 bits per heavy atom. The van der Waals surface area contributed by atoms with Crippen molar-refractivity contribution in [3.05, 3.63) is 63.1 Å². The van der Waals surface area contributed by atoms with E-state index in [1.807, 2.05) is 11.9 Å². The van der Waals surface area contributed by atoms with Gasteiger partial charge in [0.25, 0.3) is 11.8 Å². The summed E-state index contributed by atoms with van der Waals surface area (Å²) >= 11 is 0. The zero-order valence-electron chi connectivity index (χ0n) is 18.8. The Hall–Kier alpha value is -3.43. The number of pyridine rings is 1. The van der Waals surface area contributed by atoms with Crippen molar-refractivity contribution >= 4 is 11.8 Å². The molecule has 0 radical (unpaired) electrons. The Balaban J connectivity index is 1.53. The van der Waals surface area contributed by atoms with Crippen LogP contribution in [0.1, 0.15) is 65.4 Å². The van der Waals surface area contributed by atoms with Crippen LogP contribution in [0.3, 0.4) is 0 Å². The van der Waals surface area contributed by atoms with E-state index in [-0.39, 0.29) is 35.6 Å². The lowest BCUT2D eigenvalue weighted by atomic mass is 9.90. The highest BCUT2D eigenvalue weighted by molar-refractivity contribution is 5.99. The third-order valence-corrected chi connectivity index (χ3v) is 7.34. The highest BCUT2D eigenvalue weighted by Crippen LogP contribution is 2.41. The van der Waals surface area contributed by atoms with Gasteiger partial charge in [0, 0.05) is 30.9 Å². The van der Waals surface area contributed by atoms with Crippen LogP contribution in [-0.4, -0.2) is 45.2 Å². The van der Waals surface area contributed by atoms with E-state index < -0.39 is 34.6 Å². The molecule has 2 amide bonds. The molecule has 1 saturated carbocycles. The number of hydrogen-bond acceptors (Lipinski definition) is 5. The van der Waals surface area contributed by atoms with Gasteiger partial charge >= 0.3 is 0 Å². The molecule has 5 rings (SSSR count). The Labute approximate surface area is 194 Å². The van der Waals surface area contributed by atoms with Crippen molar-refractivity contribution in [1.82, 2.24) is 14.9 Å². The Kier molecular flexibility index (Phi) is 5.53. The van der Waals surface area contributed by atoms with E-state index >= 15 is 0 Å². The summed E-state index contributed by atoms with van der Waals surface area (Å²) in [4.78, 5) is 40.7. The van der Waals surface area contributed by atoms with Crippen molar-refractivity contribution < 1.29 is 23.5 Å². The fraction of sp³-hybridized carbons (Fsp3) is 0.458. The van der Waals surface area contributed by atoms with Crippen LogP contribution in [0.2, 0.25) is 0 Å². The molecular weight excluding hydrogens is 446 g/mol. The van der Waals surface area contributed by atoms with Crippen molar-refractivity contribution in [3.8, 4) is 5.75 Å². The minimum Gasteiger partial charge on any atom is -0.502 e. The molecular formula is C24H26F2N4O4. The summed E-state index contributed by atoms with van der Waals surface area (Å²) in [6.07, 6.45) is 5.89. The van der Waals surface area contributed by atoms with Gasteiger partial charge in [0.05, 0.1) is 6.04 Å². The number of halogens is 2. The molecule has 0 bridgehead atoms. The molecule has 0 unspecified atom stereocenters.